The number of hydrogen-bond acceptors (Lipinski definition) is 2. The van der Waals surface area contributed by atoms with Crippen molar-refractivity contribution in [3.63, 3.8) is 0 Å². The Bertz CT molecular complexity index is 607. The Balaban J connectivity index is 2.10. The molecule has 2 aromatic carbocycles. The van der Waals surface area contributed by atoms with E-state index in [0.29, 0.717) is 13.0 Å². The molecule has 0 fully saturated rings. The summed E-state index contributed by atoms with van der Waals surface area (Å²) in [5.41, 5.74) is 9.51. The van der Waals surface area contributed by atoms with Gasteiger partial charge in [-0.2, -0.15) is 0 Å². The molecule has 2 aromatic rings. The lowest BCUT2D eigenvalue weighted by Crippen LogP contribution is -2.24. The van der Waals surface area contributed by atoms with Crippen LogP contribution < -0.4 is 10.5 Å². The molecule has 0 unspecified atom stereocenters. The van der Waals surface area contributed by atoms with Crippen molar-refractivity contribution in [2.45, 2.75) is 19.4 Å². The van der Waals surface area contributed by atoms with Gasteiger partial charge in [-0.15, -0.1) is 0 Å². The zero-order valence-corrected chi connectivity index (χ0v) is 10.8. The Hall–Kier alpha value is -1.87. The lowest BCUT2D eigenvalue weighted by molar-refractivity contribution is 0.242. The maximum Gasteiger partial charge on any atom is 0.131 e. The Labute approximate surface area is 112 Å². The normalized spacial score (nSPS) is 17.1. The number of fused-ring (bicyclic) bond motifs is 1. The highest BCUT2D eigenvalue weighted by atomic mass is 19.1. The second-order valence-electron chi connectivity index (χ2n) is 4.99. The SMILES string of the molecule is Cc1ccc(-c2cc(F)cc3c2O[C@@H](CN)C3)cc1. The van der Waals surface area contributed by atoms with Gasteiger partial charge >= 0.3 is 0 Å². The molecule has 0 saturated carbocycles. The van der Waals surface area contributed by atoms with Crippen LogP contribution in [-0.4, -0.2) is 12.6 Å². The number of aryl methyl sites for hydroxylation is 1. The predicted molar refractivity (Wildman–Crippen MR) is 73.7 cm³/mol. The molecule has 3 heteroatoms. The van der Waals surface area contributed by atoms with Gasteiger partial charge in [0.25, 0.3) is 0 Å². The van der Waals surface area contributed by atoms with E-state index in [9.17, 15) is 4.39 Å². The van der Waals surface area contributed by atoms with Crippen LogP contribution >= 0.6 is 0 Å². The van der Waals surface area contributed by atoms with E-state index in [1.54, 1.807) is 6.07 Å². The molecule has 1 atom stereocenters. The lowest BCUT2D eigenvalue weighted by atomic mass is 9.99. The Kier molecular flexibility index (Phi) is 2.99. The number of halogens is 1. The molecule has 2 nitrogen and oxygen atoms in total. The Morgan fingerprint density at radius 3 is 2.68 bits per heavy atom. The van der Waals surface area contributed by atoms with Crippen LogP contribution in [-0.2, 0) is 6.42 Å². The topological polar surface area (TPSA) is 35.2 Å². The van der Waals surface area contributed by atoms with Crippen molar-refractivity contribution >= 4 is 0 Å². The molecule has 0 radical (unpaired) electrons. The maximum atomic E-state index is 13.7. The average Bonchev–Trinajstić information content (AvgIpc) is 2.81. The number of benzene rings is 2. The highest BCUT2D eigenvalue weighted by Gasteiger charge is 2.25. The minimum absolute atomic E-state index is 0.0407. The fourth-order valence-electron chi connectivity index (χ4n) is 2.47. The van der Waals surface area contributed by atoms with Crippen LogP contribution in [0.25, 0.3) is 11.1 Å². The van der Waals surface area contributed by atoms with Gasteiger partial charge in [-0.05, 0) is 24.6 Å². The molecule has 1 heterocycles. The molecule has 3 rings (SSSR count). The first kappa shape index (κ1) is 12.2. The third kappa shape index (κ3) is 2.22. The van der Waals surface area contributed by atoms with Gasteiger partial charge in [0.2, 0.25) is 0 Å². The quantitative estimate of drug-likeness (QED) is 0.897. The lowest BCUT2D eigenvalue weighted by Gasteiger charge is -2.11. The van der Waals surface area contributed by atoms with Gasteiger partial charge in [-0.1, -0.05) is 29.8 Å². The van der Waals surface area contributed by atoms with Gasteiger partial charge in [0.05, 0.1) is 0 Å². The van der Waals surface area contributed by atoms with Crippen LogP contribution in [0, 0.1) is 12.7 Å². The summed E-state index contributed by atoms with van der Waals surface area (Å²) in [7, 11) is 0. The third-order valence-electron chi connectivity index (χ3n) is 3.49. The fraction of sp³-hybridized carbons (Fsp3) is 0.250. The zero-order valence-electron chi connectivity index (χ0n) is 10.8. The summed E-state index contributed by atoms with van der Waals surface area (Å²) in [5.74, 6) is 0.552. The molecular weight excluding hydrogens is 241 g/mol. The fourth-order valence-corrected chi connectivity index (χ4v) is 2.47. The van der Waals surface area contributed by atoms with Gasteiger partial charge in [-0.25, -0.2) is 4.39 Å². The van der Waals surface area contributed by atoms with Crippen LogP contribution in [0.15, 0.2) is 36.4 Å². The largest absolute Gasteiger partial charge is 0.488 e. The summed E-state index contributed by atoms with van der Waals surface area (Å²) >= 11 is 0. The molecule has 0 saturated heterocycles. The van der Waals surface area contributed by atoms with Gasteiger partial charge in [0.1, 0.15) is 17.7 Å². The van der Waals surface area contributed by atoms with Crippen molar-refractivity contribution in [3.8, 4) is 16.9 Å². The molecule has 0 aliphatic carbocycles. The standard InChI is InChI=1S/C16H16FNO/c1-10-2-4-11(5-3-10)15-8-13(17)6-12-7-14(9-18)19-16(12)15/h2-6,8,14H,7,9,18H2,1H3/t14-/m1/s1. The molecule has 0 spiro atoms. The number of hydrogen-bond donors (Lipinski definition) is 1. The number of nitrogens with two attached hydrogens (primary N) is 1. The van der Waals surface area contributed by atoms with Gasteiger partial charge in [-0.3, -0.25) is 0 Å². The number of rotatable bonds is 2. The van der Waals surface area contributed by atoms with Crippen molar-refractivity contribution in [1.29, 1.82) is 0 Å². The molecule has 0 bridgehead atoms. The highest BCUT2D eigenvalue weighted by Crippen LogP contribution is 2.39. The van der Waals surface area contributed by atoms with Crippen molar-refractivity contribution in [2.24, 2.45) is 5.73 Å². The van der Waals surface area contributed by atoms with Crippen molar-refractivity contribution in [1.82, 2.24) is 0 Å². The van der Waals surface area contributed by atoms with E-state index in [1.807, 2.05) is 31.2 Å². The minimum Gasteiger partial charge on any atom is -0.488 e. The zero-order chi connectivity index (χ0) is 13.4. The summed E-state index contributed by atoms with van der Waals surface area (Å²) in [5, 5.41) is 0. The summed E-state index contributed by atoms with van der Waals surface area (Å²) in [6.07, 6.45) is 0.642. The van der Waals surface area contributed by atoms with Crippen LogP contribution in [0.4, 0.5) is 4.39 Å². The molecule has 19 heavy (non-hydrogen) atoms. The van der Waals surface area contributed by atoms with E-state index in [2.05, 4.69) is 0 Å². The second-order valence-corrected chi connectivity index (χ2v) is 4.99. The molecule has 0 aromatic heterocycles. The van der Waals surface area contributed by atoms with Crippen LogP contribution in [0.1, 0.15) is 11.1 Å². The van der Waals surface area contributed by atoms with Crippen molar-refractivity contribution in [2.75, 3.05) is 6.54 Å². The van der Waals surface area contributed by atoms with Crippen molar-refractivity contribution < 1.29 is 9.13 Å². The first-order valence-electron chi connectivity index (χ1n) is 6.43. The van der Waals surface area contributed by atoms with Gasteiger partial charge in [0, 0.05) is 24.1 Å². The highest BCUT2D eigenvalue weighted by molar-refractivity contribution is 5.73. The first-order chi connectivity index (χ1) is 9.17. The van der Waals surface area contributed by atoms with E-state index >= 15 is 0 Å². The van der Waals surface area contributed by atoms with Crippen LogP contribution in [0.5, 0.6) is 5.75 Å². The van der Waals surface area contributed by atoms with E-state index in [0.717, 1.165) is 22.4 Å². The third-order valence-corrected chi connectivity index (χ3v) is 3.49. The summed E-state index contributed by atoms with van der Waals surface area (Å²) < 4.78 is 19.6. The molecular formula is C16H16FNO. The van der Waals surface area contributed by atoms with E-state index in [1.165, 1.54) is 11.6 Å². The summed E-state index contributed by atoms with van der Waals surface area (Å²) in [4.78, 5) is 0. The summed E-state index contributed by atoms with van der Waals surface area (Å²) in [6.45, 7) is 2.48. The van der Waals surface area contributed by atoms with Crippen molar-refractivity contribution in [3.05, 3.63) is 53.3 Å². The Morgan fingerprint density at radius 2 is 2.00 bits per heavy atom. The first-order valence-corrected chi connectivity index (χ1v) is 6.43. The van der Waals surface area contributed by atoms with E-state index in [-0.39, 0.29) is 11.9 Å². The molecule has 2 N–H and O–H groups in total. The smallest absolute Gasteiger partial charge is 0.131 e. The van der Waals surface area contributed by atoms with Crippen LogP contribution in [0.2, 0.25) is 0 Å². The maximum absolute atomic E-state index is 13.7. The molecule has 0 amide bonds. The summed E-state index contributed by atoms with van der Waals surface area (Å²) in [6, 6.07) is 11.1. The average molecular weight is 257 g/mol. The van der Waals surface area contributed by atoms with E-state index in [4.69, 9.17) is 10.5 Å². The van der Waals surface area contributed by atoms with Crippen LogP contribution in [0.3, 0.4) is 0 Å². The van der Waals surface area contributed by atoms with E-state index < -0.39 is 0 Å². The Morgan fingerprint density at radius 1 is 1.26 bits per heavy atom. The van der Waals surface area contributed by atoms with Gasteiger partial charge in [0.15, 0.2) is 0 Å². The monoisotopic (exact) mass is 257 g/mol. The predicted octanol–water partition coefficient (Wildman–Crippen LogP) is 3.06. The number of ether oxygens (including phenoxy) is 1. The second kappa shape index (κ2) is 4.67. The minimum atomic E-state index is -0.226. The van der Waals surface area contributed by atoms with Gasteiger partial charge < -0.3 is 10.5 Å². The molecule has 1 aliphatic rings. The molecule has 98 valence electrons. The molecule has 1 aliphatic heterocycles.